The van der Waals surface area contributed by atoms with E-state index < -0.39 is 74.7 Å². The molecule has 3 heterocycles. The van der Waals surface area contributed by atoms with Crippen molar-refractivity contribution in [2.45, 2.75) is 101 Å². The number of benzene rings is 1. The van der Waals surface area contributed by atoms with Crippen molar-refractivity contribution >= 4 is 56.2 Å². The van der Waals surface area contributed by atoms with E-state index in [9.17, 15) is 32.7 Å². The number of carbonyl (C=O) groups excluding carboxylic acids is 3. The number of hydrogen-bond donors (Lipinski definition) is 4. The van der Waals surface area contributed by atoms with E-state index in [0.29, 0.717) is 48.1 Å². The molecule has 3 fully saturated rings. The van der Waals surface area contributed by atoms with E-state index in [1.165, 1.54) is 4.90 Å². The number of hydrogen-bond acceptors (Lipinski definition) is 9. The van der Waals surface area contributed by atoms with E-state index in [-0.39, 0.29) is 37.1 Å². The van der Waals surface area contributed by atoms with E-state index in [1.54, 1.807) is 31.2 Å². The van der Waals surface area contributed by atoms with Crippen LogP contribution in [-0.4, -0.2) is 89.4 Å². The van der Waals surface area contributed by atoms with Gasteiger partial charge in [-0.15, -0.1) is 0 Å². The molecule has 2 saturated carbocycles. The first kappa shape index (κ1) is 37.6. The molecule has 0 unspecified atom stereocenters. The molecule has 52 heavy (non-hydrogen) atoms. The number of nitrogens with one attached hydrogen (secondary N) is 3. The Morgan fingerprint density at radius 2 is 1.92 bits per heavy atom. The van der Waals surface area contributed by atoms with Gasteiger partial charge in [-0.2, -0.15) is 4.98 Å². The minimum atomic E-state index is -3.91. The zero-order chi connectivity index (χ0) is 37.4. The van der Waals surface area contributed by atoms with Crippen LogP contribution in [0, 0.1) is 17.8 Å². The summed E-state index contributed by atoms with van der Waals surface area (Å²) in [5, 5.41) is 16.0. The average molecular weight is 760 g/mol. The van der Waals surface area contributed by atoms with Gasteiger partial charge < -0.3 is 30.1 Å². The number of amides is 4. The van der Waals surface area contributed by atoms with Gasteiger partial charge in [-0.3, -0.25) is 19.1 Å². The SMILES string of the molecule is CCCOc1cc2c(Cl)cccc2c(O[C@@H]2C[C@H]3C(=O)N[C@]4(C(=O)NS(=O)(=O)C5CC5)C[C@H]4C=CCC[C@@H](C)C[C@@H](C)[C@H](NC(=O)O)C(=O)N3C2)n1. The highest BCUT2D eigenvalue weighted by Crippen LogP contribution is 2.46. The molecule has 0 radical (unpaired) electrons. The second-order valence-electron chi connectivity index (χ2n) is 14.6. The fourth-order valence-electron chi connectivity index (χ4n) is 7.35. The second-order valence-corrected chi connectivity index (χ2v) is 17.0. The molecule has 7 atom stereocenters. The first-order valence-corrected chi connectivity index (χ1v) is 19.9. The fraction of sp³-hybridized carbons (Fsp3) is 0.583. The second kappa shape index (κ2) is 15.1. The van der Waals surface area contributed by atoms with Crippen LogP contribution in [0.3, 0.4) is 0 Å². The van der Waals surface area contributed by atoms with Crippen molar-refractivity contribution in [1.29, 1.82) is 0 Å². The highest BCUT2D eigenvalue weighted by Gasteiger charge is 2.62. The molecular weight excluding hydrogens is 714 g/mol. The number of rotatable bonds is 9. The number of fused-ring (bicyclic) bond motifs is 3. The standard InChI is InChI=1S/C36H46ClN5O9S/c1-4-14-50-29-17-26-25(10-7-11-27(26)37)32(38-29)51-23-16-28-31(43)40-36(34(45)41-52(48,49)24-12-13-24)18-22(36)9-6-5-8-20(2)15-21(3)30(39-35(46)47)33(44)42(28)19-23/h6-7,9-11,17,20-24,28,30,39H,4-5,8,12-16,18-19H2,1-3H3,(H,40,43)(H,41,45)(H,46,47)/t20-,21-,22-,23-,28+,30+,36-/m1/s1. The minimum absolute atomic E-state index is 0.0233. The molecule has 4 amide bonds. The smallest absolute Gasteiger partial charge is 0.405 e. The molecular formula is C36H46ClN5O9S. The number of halogens is 1. The number of ether oxygens (including phenoxy) is 2. The Labute approximate surface area is 308 Å². The third-order valence-electron chi connectivity index (χ3n) is 10.4. The number of allylic oxidation sites excluding steroid dienone is 1. The van der Waals surface area contributed by atoms with Gasteiger partial charge in [0.1, 0.15) is 23.7 Å². The summed E-state index contributed by atoms with van der Waals surface area (Å²) < 4.78 is 40.1. The molecule has 2 aliphatic carbocycles. The van der Waals surface area contributed by atoms with Gasteiger partial charge in [-0.25, -0.2) is 13.2 Å². The average Bonchev–Trinajstić information content (AvgIpc) is 4.01. The van der Waals surface area contributed by atoms with Crippen LogP contribution < -0.4 is 24.8 Å². The van der Waals surface area contributed by atoms with E-state index in [2.05, 4.69) is 20.3 Å². The number of nitrogens with zero attached hydrogens (tertiary/aromatic N) is 2. The van der Waals surface area contributed by atoms with E-state index in [0.717, 1.165) is 12.8 Å². The van der Waals surface area contributed by atoms with Crippen molar-refractivity contribution in [3.05, 3.63) is 41.4 Å². The van der Waals surface area contributed by atoms with Crippen molar-refractivity contribution in [3.8, 4) is 11.8 Å². The maximum Gasteiger partial charge on any atom is 0.405 e. The number of carbonyl (C=O) groups is 4. The Morgan fingerprint density at radius 1 is 1.15 bits per heavy atom. The predicted octanol–water partition coefficient (Wildman–Crippen LogP) is 4.16. The van der Waals surface area contributed by atoms with Gasteiger partial charge in [0.05, 0.1) is 18.4 Å². The van der Waals surface area contributed by atoms with Gasteiger partial charge >= 0.3 is 6.09 Å². The van der Waals surface area contributed by atoms with Crippen LogP contribution in [-0.2, 0) is 24.4 Å². The summed E-state index contributed by atoms with van der Waals surface area (Å²) in [5.74, 6) is -2.41. The highest BCUT2D eigenvalue weighted by molar-refractivity contribution is 7.91. The summed E-state index contributed by atoms with van der Waals surface area (Å²) in [5.41, 5.74) is -1.54. The van der Waals surface area contributed by atoms with Gasteiger partial charge in [0.25, 0.3) is 5.91 Å². The molecule has 0 spiro atoms. The number of aromatic nitrogens is 1. The molecule has 16 heteroatoms. The monoisotopic (exact) mass is 759 g/mol. The topological polar surface area (TPSA) is 193 Å². The van der Waals surface area contributed by atoms with Crippen LogP contribution in [0.2, 0.25) is 5.02 Å². The summed E-state index contributed by atoms with van der Waals surface area (Å²) in [7, 11) is -3.91. The maximum absolute atomic E-state index is 14.4. The van der Waals surface area contributed by atoms with Crippen molar-refractivity contribution in [3.63, 3.8) is 0 Å². The van der Waals surface area contributed by atoms with E-state index in [4.69, 9.17) is 21.1 Å². The van der Waals surface area contributed by atoms with Gasteiger partial charge in [0, 0.05) is 34.2 Å². The van der Waals surface area contributed by atoms with Crippen molar-refractivity contribution in [1.82, 2.24) is 25.2 Å². The zero-order valence-corrected chi connectivity index (χ0v) is 31.0. The van der Waals surface area contributed by atoms with Crippen molar-refractivity contribution < 1.29 is 42.2 Å². The lowest BCUT2D eigenvalue weighted by Gasteiger charge is -2.32. The van der Waals surface area contributed by atoms with Crippen LogP contribution in [0.1, 0.15) is 72.1 Å². The lowest BCUT2D eigenvalue weighted by Crippen LogP contribution is -2.59. The summed E-state index contributed by atoms with van der Waals surface area (Å²) in [6.07, 6.45) is 5.32. The molecule has 1 aromatic heterocycles. The van der Waals surface area contributed by atoms with Gasteiger partial charge in [-0.1, -0.05) is 50.6 Å². The molecule has 1 saturated heterocycles. The van der Waals surface area contributed by atoms with Crippen molar-refractivity contribution in [2.24, 2.45) is 17.8 Å². The number of pyridine rings is 1. The Morgan fingerprint density at radius 3 is 2.63 bits per heavy atom. The van der Waals surface area contributed by atoms with Crippen molar-refractivity contribution in [2.75, 3.05) is 13.2 Å². The molecule has 6 rings (SSSR count). The summed E-state index contributed by atoms with van der Waals surface area (Å²) in [4.78, 5) is 60.3. The molecule has 1 aromatic carbocycles. The third-order valence-corrected chi connectivity index (χ3v) is 12.5. The van der Waals surface area contributed by atoms with Gasteiger partial charge in [0.2, 0.25) is 33.6 Å². The summed E-state index contributed by atoms with van der Waals surface area (Å²) in [6, 6.07) is 4.62. The lowest BCUT2D eigenvalue weighted by atomic mass is 9.88. The fourth-order valence-corrected chi connectivity index (χ4v) is 8.94. The molecule has 4 N–H and O–H groups in total. The molecule has 0 bridgehead atoms. The highest BCUT2D eigenvalue weighted by atomic mass is 35.5. The quantitative estimate of drug-likeness (QED) is 0.270. The number of carboxylic acid groups (broad SMARTS) is 1. The molecule has 14 nitrogen and oxygen atoms in total. The zero-order valence-electron chi connectivity index (χ0n) is 29.5. The van der Waals surface area contributed by atoms with E-state index in [1.807, 2.05) is 26.0 Å². The summed E-state index contributed by atoms with van der Waals surface area (Å²) in [6.45, 7) is 6.09. The van der Waals surface area contributed by atoms with Crippen LogP contribution in [0.5, 0.6) is 11.8 Å². The predicted molar refractivity (Wildman–Crippen MR) is 192 cm³/mol. The lowest BCUT2D eigenvalue weighted by molar-refractivity contribution is -0.142. The first-order valence-electron chi connectivity index (χ1n) is 18.0. The van der Waals surface area contributed by atoms with Gasteiger partial charge in [0.15, 0.2) is 0 Å². The van der Waals surface area contributed by atoms with Crippen LogP contribution in [0.15, 0.2) is 36.4 Å². The Balaban J connectivity index is 1.35. The molecule has 4 aliphatic rings. The Bertz CT molecular complexity index is 1870. The molecule has 2 aromatic rings. The van der Waals surface area contributed by atoms with E-state index >= 15 is 0 Å². The maximum atomic E-state index is 14.4. The van der Waals surface area contributed by atoms with Gasteiger partial charge in [-0.05, 0) is 68.9 Å². The number of sulfonamides is 1. The normalized spacial score (nSPS) is 29.6. The third kappa shape index (κ3) is 8.09. The van der Waals surface area contributed by atoms with Crippen LogP contribution in [0.25, 0.3) is 10.8 Å². The van der Waals surface area contributed by atoms with Crippen LogP contribution in [0.4, 0.5) is 4.79 Å². The van der Waals surface area contributed by atoms with Crippen LogP contribution >= 0.6 is 11.6 Å². The minimum Gasteiger partial charge on any atom is -0.478 e. The Kier molecular flexibility index (Phi) is 10.9. The first-order chi connectivity index (χ1) is 24.7. The Hall–Kier alpha value is -4.11. The molecule has 282 valence electrons. The largest absolute Gasteiger partial charge is 0.478 e. The molecule has 2 aliphatic heterocycles. The summed E-state index contributed by atoms with van der Waals surface area (Å²) >= 11 is 6.54.